The summed E-state index contributed by atoms with van der Waals surface area (Å²) < 4.78 is 6.35. The van der Waals surface area contributed by atoms with Gasteiger partial charge in [0.2, 0.25) is 0 Å². The Morgan fingerprint density at radius 2 is 2.11 bits per heavy atom. The molecule has 18 heavy (non-hydrogen) atoms. The SMILES string of the molecule is CC(C)CNCc1ccc(OC(C)C#N)c(Br)c1. The number of halogens is 1. The van der Waals surface area contributed by atoms with Crippen LogP contribution in [0.15, 0.2) is 22.7 Å². The van der Waals surface area contributed by atoms with E-state index < -0.39 is 6.10 Å². The Morgan fingerprint density at radius 3 is 2.67 bits per heavy atom. The van der Waals surface area contributed by atoms with Gasteiger partial charge in [-0.2, -0.15) is 5.26 Å². The number of nitrogens with zero attached hydrogens (tertiary/aromatic N) is 1. The Kier molecular flexibility index (Phi) is 6.17. The molecule has 0 aromatic heterocycles. The molecule has 1 aromatic rings. The first-order chi connectivity index (χ1) is 8.52. The van der Waals surface area contributed by atoms with Crippen LogP contribution in [0.3, 0.4) is 0 Å². The van der Waals surface area contributed by atoms with Gasteiger partial charge in [-0.25, -0.2) is 0 Å². The van der Waals surface area contributed by atoms with Crippen LogP contribution in [0, 0.1) is 17.2 Å². The van der Waals surface area contributed by atoms with Crippen molar-refractivity contribution in [2.75, 3.05) is 6.54 Å². The first-order valence-corrected chi connectivity index (χ1v) is 6.87. The summed E-state index contributed by atoms with van der Waals surface area (Å²) >= 11 is 3.46. The Bertz CT molecular complexity index is 426. The van der Waals surface area contributed by atoms with E-state index in [0.29, 0.717) is 11.7 Å². The van der Waals surface area contributed by atoms with Crippen molar-refractivity contribution < 1.29 is 4.74 Å². The summed E-state index contributed by atoms with van der Waals surface area (Å²) in [7, 11) is 0. The lowest BCUT2D eigenvalue weighted by molar-refractivity contribution is 0.274. The summed E-state index contributed by atoms with van der Waals surface area (Å²) in [6.45, 7) is 7.93. The molecule has 0 heterocycles. The molecule has 0 saturated heterocycles. The van der Waals surface area contributed by atoms with Gasteiger partial charge in [0.25, 0.3) is 0 Å². The third-order valence-electron chi connectivity index (χ3n) is 2.36. The molecule has 98 valence electrons. The Balaban J connectivity index is 2.59. The highest BCUT2D eigenvalue weighted by Crippen LogP contribution is 2.26. The number of hydrogen-bond acceptors (Lipinski definition) is 3. The summed E-state index contributed by atoms with van der Waals surface area (Å²) in [5.41, 5.74) is 1.19. The van der Waals surface area contributed by atoms with Gasteiger partial charge in [-0.1, -0.05) is 19.9 Å². The van der Waals surface area contributed by atoms with Gasteiger partial charge < -0.3 is 10.1 Å². The van der Waals surface area contributed by atoms with Crippen molar-refractivity contribution in [2.45, 2.75) is 33.4 Å². The van der Waals surface area contributed by atoms with Crippen LogP contribution in [-0.4, -0.2) is 12.6 Å². The van der Waals surface area contributed by atoms with Crippen LogP contribution in [0.1, 0.15) is 26.3 Å². The van der Waals surface area contributed by atoms with E-state index >= 15 is 0 Å². The smallest absolute Gasteiger partial charge is 0.181 e. The average molecular weight is 311 g/mol. The summed E-state index contributed by atoms with van der Waals surface area (Å²) in [6, 6.07) is 7.97. The van der Waals surface area contributed by atoms with Gasteiger partial charge in [0.15, 0.2) is 6.10 Å². The Hall–Kier alpha value is -1.05. The van der Waals surface area contributed by atoms with E-state index in [1.807, 2.05) is 24.3 Å². The van der Waals surface area contributed by atoms with Gasteiger partial charge in [-0.3, -0.25) is 0 Å². The van der Waals surface area contributed by atoms with Crippen molar-refractivity contribution in [2.24, 2.45) is 5.92 Å². The molecular formula is C14H19BrN2O. The highest BCUT2D eigenvalue weighted by atomic mass is 79.9. The van der Waals surface area contributed by atoms with Gasteiger partial charge in [0, 0.05) is 6.54 Å². The molecule has 0 radical (unpaired) electrons. The number of benzene rings is 1. The van der Waals surface area contributed by atoms with E-state index in [1.54, 1.807) is 6.92 Å². The second kappa shape index (κ2) is 7.40. The normalized spacial score (nSPS) is 12.2. The fourth-order valence-electron chi connectivity index (χ4n) is 1.47. The predicted molar refractivity (Wildman–Crippen MR) is 76.4 cm³/mol. The molecule has 3 nitrogen and oxygen atoms in total. The molecule has 0 fully saturated rings. The largest absolute Gasteiger partial charge is 0.475 e. The lowest BCUT2D eigenvalue weighted by Gasteiger charge is -2.12. The average Bonchev–Trinajstić information content (AvgIpc) is 2.32. The minimum absolute atomic E-state index is 0.439. The monoisotopic (exact) mass is 310 g/mol. The van der Waals surface area contributed by atoms with Crippen molar-refractivity contribution >= 4 is 15.9 Å². The van der Waals surface area contributed by atoms with E-state index in [9.17, 15) is 0 Å². The van der Waals surface area contributed by atoms with Gasteiger partial charge in [-0.05, 0) is 53.0 Å². The number of hydrogen-bond donors (Lipinski definition) is 1. The van der Waals surface area contributed by atoms with E-state index in [2.05, 4.69) is 35.1 Å². The molecule has 0 saturated carbocycles. The van der Waals surface area contributed by atoms with Crippen LogP contribution in [0.5, 0.6) is 5.75 Å². The molecule has 0 aliphatic rings. The summed E-state index contributed by atoms with van der Waals surface area (Å²) in [5, 5.41) is 12.1. The highest BCUT2D eigenvalue weighted by molar-refractivity contribution is 9.10. The molecule has 1 atom stereocenters. The van der Waals surface area contributed by atoms with Crippen LogP contribution in [0.25, 0.3) is 0 Å². The Labute approximate surface area is 117 Å². The van der Waals surface area contributed by atoms with E-state index in [0.717, 1.165) is 17.6 Å². The zero-order valence-corrected chi connectivity index (χ0v) is 12.6. The predicted octanol–water partition coefficient (Wildman–Crippen LogP) is 3.49. The van der Waals surface area contributed by atoms with Gasteiger partial charge >= 0.3 is 0 Å². The zero-order valence-electron chi connectivity index (χ0n) is 11.0. The lowest BCUT2D eigenvalue weighted by Crippen LogP contribution is -2.19. The number of nitrogens with one attached hydrogen (secondary N) is 1. The Morgan fingerprint density at radius 1 is 1.39 bits per heavy atom. The molecule has 1 aromatic carbocycles. The second-order valence-corrected chi connectivity index (χ2v) is 5.53. The van der Waals surface area contributed by atoms with Crippen molar-refractivity contribution in [1.29, 1.82) is 5.26 Å². The number of rotatable bonds is 6. The van der Waals surface area contributed by atoms with Crippen molar-refractivity contribution in [1.82, 2.24) is 5.32 Å². The number of ether oxygens (including phenoxy) is 1. The minimum atomic E-state index is -0.439. The molecule has 0 aliphatic carbocycles. The van der Waals surface area contributed by atoms with Crippen LogP contribution >= 0.6 is 15.9 Å². The van der Waals surface area contributed by atoms with Crippen LogP contribution in [-0.2, 0) is 6.54 Å². The van der Waals surface area contributed by atoms with Crippen LogP contribution in [0.2, 0.25) is 0 Å². The van der Waals surface area contributed by atoms with E-state index in [-0.39, 0.29) is 0 Å². The van der Waals surface area contributed by atoms with Crippen molar-refractivity contribution in [3.8, 4) is 11.8 Å². The first-order valence-electron chi connectivity index (χ1n) is 6.08. The first kappa shape index (κ1) is 15.0. The fourth-order valence-corrected chi connectivity index (χ4v) is 1.99. The van der Waals surface area contributed by atoms with Crippen molar-refractivity contribution in [3.05, 3.63) is 28.2 Å². The maximum atomic E-state index is 8.71. The number of nitriles is 1. The van der Waals surface area contributed by atoms with E-state index in [1.165, 1.54) is 5.56 Å². The van der Waals surface area contributed by atoms with Gasteiger partial charge in [0.05, 0.1) is 4.47 Å². The topological polar surface area (TPSA) is 45.0 Å². The highest BCUT2D eigenvalue weighted by Gasteiger charge is 2.06. The third-order valence-corrected chi connectivity index (χ3v) is 2.98. The molecular weight excluding hydrogens is 292 g/mol. The van der Waals surface area contributed by atoms with Crippen LogP contribution < -0.4 is 10.1 Å². The summed E-state index contributed by atoms with van der Waals surface area (Å²) in [6.07, 6.45) is -0.439. The quantitative estimate of drug-likeness (QED) is 0.875. The lowest BCUT2D eigenvalue weighted by atomic mass is 10.2. The van der Waals surface area contributed by atoms with Gasteiger partial charge in [-0.15, -0.1) is 0 Å². The molecule has 1 N–H and O–H groups in total. The molecule has 1 unspecified atom stereocenters. The third kappa shape index (κ3) is 5.07. The minimum Gasteiger partial charge on any atom is -0.475 e. The second-order valence-electron chi connectivity index (χ2n) is 4.68. The molecule has 0 spiro atoms. The summed E-state index contributed by atoms with van der Waals surface area (Å²) in [4.78, 5) is 0. The maximum absolute atomic E-state index is 8.71. The molecule has 1 rings (SSSR count). The maximum Gasteiger partial charge on any atom is 0.181 e. The van der Waals surface area contributed by atoms with Gasteiger partial charge in [0.1, 0.15) is 11.8 Å². The molecule has 0 aliphatic heterocycles. The van der Waals surface area contributed by atoms with E-state index in [4.69, 9.17) is 10.00 Å². The van der Waals surface area contributed by atoms with Crippen LogP contribution in [0.4, 0.5) is 0 Å². The summed E-state index contributed by atoms with van der Waals surface area (Å²) in [5.74, 6) is 1.35. The fraction of sp³-hybridized carbons (Fsp3) is 0.500. The molecule has 0 amide bonds. The standard InChI is InChI=1S/C14H19BrN2O/c1-10(2)8-17-9-12-4-5-14(13(15)6-12)18-11(3)7-16/h4-6,10-11,17H,8-9H2,1-3H3. The zero-order chi connectivity index (χ0) is 13.5. The van der Waals surface area contributed by atoms with Crippen molar-refractivity contribution in [3.63, 3.8) is 0 Å². The molecule has 0 bridgehead atoms. The molecule has 4 heteroatoms.